The van der Waals surface area contributed by atoms with E-state index in [9.17, 15) is 9.59 Å². The Labute approximate surface area is 168 Å². The predicted octanol–water partition coefficient (Wildman–Crippen LogP) is 2.03. The van der Waals surface area contributed by atoms with Gasteiger partial charge in [0.1, 0.15) is 0 Å². The van der Waals surface area contributed by atoms with E-state index in [-0.39, 0.29) is 17.9 Å². The van der Waals surface area contributed by atoms with Gasteiger partial charge >= 0.3 is 0 Å². The van der Waals surface area contributed by atoms with Crippen LogP contribution in [0.15, 0.2) is 18.2 Å². The summed E-state index contributed by atoms with van der Waals surface area (Å²) in [6.07, 6.45) is 4.04. The maximum Gasteiger partial charge on any atom is 0.238 e. The molecule has 154 valence electrons. The molecule has 0 aromatic heterocycles. The molecule has 1 atom stereocenters. The van der Waals surface area contributed by atoms with Gasteiger partial charge in [-0.25, -0.2) is 0 Å². The van der Waals surface area contributed by atoms with Crippen LogP contribution in [0.25, 0.3) is 0 Å². The Bertz CT molecular complexity index is 672. The molecular weight excluding hydrogens is 352 g/mol. The summed E-state index contributed by atoms with van der Waals surface area (Å²) in [6.45, 7) is 9.87. The molecule has 1 aromatic rings. The van der Waals surface area contributed by atoms with E-state index >= 15 is 0 Å². The first kappa shape index (κ1) is 20.8. The van der Waals surface area contributed by atoms with Crippen LogP contribution in [0, 0.1) is 0 Å². The number of anilines is 1. The molecule has 1 aliphatic heterocycles. The molecule has 2 amide bonds. The molecule has 0 radical (unpaired) electrons. The first-order valence-electron chi connectivity index (χ1n) is 10.7. The van der Waals surface area contributed by atoms with Crippen molar-refractivity contribution in [3.8, 4) is 0 Å². The number of nitrogens with zero attached hydrogens (tertiary/aromatic N) is 2. The standard InChI is InChI=1S/C22H34N4O2/c1-4-17-7-6-8-18(5-2)21(17)24-20(27)15-25-11-13-26(14-12-25)16(3)22(28)23-19-9-10-19/h6-8,16,19H,4-5,9-15H2,1-3H3,(H,23,28)(H,24,27). The molecule has 6 heteroatoms. The molecule has 1 aliphatic carbocycles. The largest absolute Gasteiger partial charge is 0.352 e. The van der Waals surface area contributed by atoms with Crippen LogP contribution in [0.3, 0.4) is 0 Å². The van der Waals surface area contributed by atoms with Gasteiger partial charge in [0.25, 0.3) is 0 Å². The molecular formula is C22H34N4O2. The lowest BCUT2D eigenvalue weighted by Crippen LogP contribution is -2.55. The van der Waals surface area contributed by atoms with Crippen molar-refractivity contribution in [3.63, 3.8) is 0 Å². The summed E-state index contributed by atoms with van der Waals surface area (Å²) in [5.74, 6) is 0.181. The van der Waals surface area contributed by atoms with Gasteiger partial charge in [0.05, 0.1) is 12.6 Å². The molecule has 2 aliphatic rings. The second kappa shape index (κ2) is 9.52. The molecule has 1 heterocycles. The normalized spacial score (nSPS) is 19.2. The van der Waals surface area contributed by atoms with Crippen molar-refractivity contribution < 1.29 is 9.59 Å². The predicted molar refractivity (Wildman–Crippen MR) is 112 cm³/mol. The molecule has 0 spiro atoms. The van der Waals surface area contributed by atoms with Gasteiger partial charge in [-0.1, -0.05) is 32.0 Å². The molecule has 2 N–H and O–H groups in total. The van der Waals surface area contributed by atoms with Crippen molar-refractivity contribution >= 4 is 17.5 Å². The van der Waals surface area contributed by atoms with Crippen molar-refractivity contribution in [1.29, 1.82) is 0 Å². The Morgan fingerprint density at radius 1 is 1.07 bits per heavy atom. The lowest BCUT2D eigenvalue weighted by Gasteiger charge is -2.37. The number of piperazine rings is 1. The van der Waals surface area contributed by atoms with E-state index in [2.05, 4.69) is 52.5 Å². The number of amides is 2. The summed E-state index contributed by atoms with van der Waals surface area (Å²) < 4.78 is 0. The Hall–Kier alpha value is -1.92. The van der Waals surface area contributed by atoms with Crippen LogP contribution >= 0.6 is 0 Å². The molecule has 1 saturated heterocycles. The van der Waals surface area contributed by atoms with E-state index in [4.69, 9.17) is 0 Å². The Kier molecular flexibility index (Phi) is 7.08. The number of rotatable bonds is 8. The van der Waals surface area contributed by atoms with Gasteiger partial charge < -0.3 is 10.6 Å². The summed E-state index contributed by atoms with van der Waals surface area (Å²) in [6, 6.07) is 6.54. The van der Waals surface area contributed by atoms with Gasteiger partial charge in [-0.15, -0.1) is 0 Å². The van der Waals surface area contributed by atoms with Crippen molar-refractivity contribution in [2.24, 2.45) is 0 Å². The number of carbonyl (C=O) groups is 2. The maximum absolute atomic E-state index is 12.6. The summed E-state index contributed by atoms with van der Waals surface area (Å²) in [4.78, 5) is 29.3. The van der Waals surface area contributed by atoms with Crippen molar-refractivity contribution in [2.75, 3.05) is 38.0 Å². The number of benzene rings is 1. The number of hydrogen-bond donors (Lipinski definition) is 2. The smallest absolute Gasteiger partial charge is 0.238 e. The van der Waals surface area contributed by atoms with Crippen LogP contribution in [-0.2, 0) is 22.4 Å². The maximum atomic E-state index is 12.6. The molecule has 2 fully saturated rings. The average molecular weight is 387 g/mol. The molecule has 1 saturated carbocycles. The minimum Gasteiger partial charge on any atom is -0.352 e. The minimum atomic E-state index is -0.0971. The molecule has 28 heavy (non-hydrogen) atoms. The van der Waals surface area contributed by atoms with Gasteiger partial charge in [-0.05, 0) is 43.7 Å². The van der Waals surface area contributed by atoms with Crippen molar-refractivity contribution in [2.45, 2.75) is 58.5 Å². The number of aryl methyl sites for hydroxylation is 2. The fraction of sp³-hybridized carbons (Fsp3) is 0.636. The van der Waals surface area contributed by atoms with Crippen LogP contribution < -0.4 is 10.6 Å². The van der Waals surface area contributed by atoms with Crippen LogP contribution in [-0.4, -0.2) is 66.4 Å². The van der Waals surface area contributed by atoms with Gasteiger partial charge in [0.2, 0.25) is 11.8 Å². The van der Waals surface area contributed by atoms with E-state index in [0.29, 0.717) is 12.6 Å². The average Bonchev–Trinajstić information content (AvgIpc) is 3.52. The van der Waals surface area contributed by atoms with E-state index in [1.807, 2.05) is 6.92 Å². The van der Waals surface area contributed by atoms with Crippen molar-refractivity contribution in [3.05, 3.63) is 29.3 Å². The van der Waals surface area contributed by atoms with Gasteiger partial charge in [0.15, 0.2) is 0 Å². The topological polar surface area (TPSA) is 64.7 Å². The van der Waals surface area contributed by atoms with Gasteiger partial charge in [-0.2, -0.15) is 0 Å². The van der Waals surface area contributed by atoms with Crippen molar-refractivity contribution in [1.82, 2.24) is 15.1 Å². The number of para-hydroxylation sites is 1. The Morgan fingerprint density at radius 3 is 2.21 bits per heavy atom. The minimum absolute atomic E-state index is 0.0450. The number of carbonyl (C=O) groups excluding carboxylic acids is 2. The quantitative estimate of drug-likeness (QED) is 0.718. The van der Waals surface area contributed by atoms with E-state index < -0.39 is 0 Å². The Balaban J connectivity index is 1.48. The molecule has 6 nitrogen and oxygen atoms in total. The molecule has 3 rings (SSSR count). The first-order chi connectivity index (χ1) is 13.5. The third kappa shape index (κ3) is 5.32. The Morgan fingerprint density at radius 2 is 1.68 bits per heavy atom. The number of hydrogen-bond acceptors (Lipinski definition) is 4. The second-order valence-corrected chi connectivity index (χ2v) is 7.98. The summed E-state index contributed by atoms with van der Waals surface area (Å²) in [7, 11) is 0. The van der Waals surface area contributed by atoms with Crippen LogP contribution in [0.4, 0.5) is 5.69 Å². The van der Waals surface area contributed by atoms with E-state index in [1.54, 1.807) is 0 Å². The fourth-order valence-corrected chi connectivity index (χ4v) is 3.81. The fourth-order valence-electron chi connectivity index (χ4n) is 3.81. The lowest BCUT2D eigenvalue weighted by molar-refractivity contribution is -0.127. The SMILES string of the molecule is CCc1cccc(CC)c1NC(=O)CN1CCN(C(C)C(=O)NC2CC2)CC1. The summed E-state index contributed by atoms with van der Waals surface area (Å²) in [5.41, 5.74) is 3.36. The molecule has 0 bridgehead atoms. The monoisotopic (exact) mass is 386 g/mol. The van der Waals surface area contributed by atoms with Gasteiger partial charge in [0, 0.05) is 37.9 Å². The second-order valence-electron chi connectivity index (χ2n) is 7.98. The third-order valence-corrected chi connectivity index (χ3v) is 5.89. The highest BCUT2D eigenvalue weighted by Gasteiger charge is 2.30. The highest BCUT2D eigenvalue weighted by molar-refractivity contribution is 5.93. The summed E-state index contributed by atoms with van der Waals surface area (Å²) in [5, 5.41) is 6.24. The van der Waals surface area contributed by atoms with E-state index in [1.165, 1.54) is 11.1 Å². The van der Waals surface area contributed by atoms with E-state index in [0.717, 1.165) is 57.5 Å². The van der Waals surface area contributed by atoms with Gasteiger partial charge in [-0.3, -0.25) is 19.4 Å². The third-order valence-electron chi connectivity index (χ3n) is 5.89. The molecule has 1 aromatic carbocycles. The molecule has 1 unspecified atom stereocenters. The van der Waals surface area contributed by atoms with Crippen LogP contribution in [0.1, 0.15) is 44.7 Å². The zero-order valence-electron chi connectivity index (χ0n) is 17.5. The zero-order chi connectivity index (χ0) is 20.1. The lowest BCUT2D eigenvalue weighted by atomic mass is 10.0. The van der Waals surface area contributed by atoms with Crippen LogP contribution in [0.5, 0.6) is 0 Å². The highest BCUT2D eigenvalue weighted by Crippen LogP contribution is 2.23. The van der Waals surface area contributed by atoms with Crippen LogP contribution in [0.2, 0.25) is 0 Å². The number of nitrogens with one attached hydrogen (secondary N) is 2. The summed E-state index contributed by atoms with van der Waals surface area (Å²) >= 11 is 0. The highest BCUT2D eigenvalue weighted by atomic mass is 16.2. The first-order valence-corrected chi connectivity index (χ1v) is 10.7. The zero-order valence-corrected chi connectivity index (χ0v) is 17.5.